The van der Waals surface area contributed by atoms with E-state index < -0.39 is 0 Å². The van der Waals surface area contributed by atoms with Gasteiger partial charge in [-0.15, -0.1) is 0 Å². The summed E-state index contributed by atoms with van der Waals surface area (Å²) in [6.07, 6.45) is 4.72. The Kier molecular flexibility index (Phi) is 5.33. The van der Waals surface area contributed by atoms with E-state index in [1.165, 1.54) is 0 Å². The Morgan fingerprint density at radius 1 is 1.04 bits per heavy atom. The van der Waals surface area contributed by atoms with E-state index in [9.17, 15) is 9.59 Å². The van der Waals surface area contributed by atoms with Crippen molar-refractivity contribution >= 4 is 11.9 Å². The molecule has 24 heavy (non-hydrogen) atoms. The van der Waals surface area contributed by atoms with Crippen LogP contribution in [0.25, 0.3) is 0 Å². The van der Waals surface area contributed by atoms with Crippen molar-refractivity contribution in [3.05, 3.63) is 0 Å². The number of carbonyl (C=O) groups excluding carboxylic acids is 2. The van der Waals surface area contributed by atoms with Crippen molar-refractivity contribution in [1.82, 2.24) is 14.7 Å². The third-order valence-corrected chi connectivity index (χ3v) is 6.04. The Morgan fingerprint density at radius 2 is 1.67 bits per heavy atom. The minimum atomic E-state index is -0.183. The van der Waals surface area contributed by atoms with E-state index in [0.717, 1.165) is 45.2 Å². The van der Waals surface area contributed by atoms with Gasteiger partial charge in [0.05, 0.1) is 18.8 Å². The van der Waals surface area contributed by atoms with Gasteiger partial charge in [-0.1, -0.05) is 6.92 Å². The molecule has 0 bridgehead atoms. The van der Waals surface area contributed by atoms with Gasteiger partial charge in [-0.3, -0.25) is 4.79 Å². The van der Waals surface area contributed by atoms with Crippen molar-refractivity contribution in [3.8, 4) is 0 Å². The van der Waals surface area contributed by atoms with Crippen molar-refractivity contribution in [2.45, 2.75) is 51.5 Å². The van der Waals surface area contributed by atoms with E-state index in [-0.39, 0.29) is 23.4 Å². The normalized spacial score (nSPS) is 29.2. The van der Waals surface area contributed by atoms with Gasteiger partial charge in [0, 0.05) is 38.6 Å². The Labute approximate surface area is 145 Å². The number of carbonyl (C=O) groups is 2. The molecule has 0 aromatic carbocycles. The summed E-state index contributed by atoms with van der Waals surface area (Å²) in [5.41, 5.74) is -0.183. The van der Waals surface area contributed by atoms with Crippen LogP contribution in [-0.4, -0.2) is 78.1 Å². The Hall–Kier alpha value is -1.30. The highest BCUT2D eigenvalue weighted by molar-refractivity contribution is 5.80. The highest BCUT2D eigenvalue weighted by atomic mass is 16.5. The molecule has 0 aromatic heterocycles. The second-order valence-electron chi connectivity index (χ2n) is 7.63. The number of hydrogen-bond donors (Lipinski definition) is 0. The molecule has 0 aliphatic carbocycles. The number of rotatable bonds is 2. The predicted molar refractivity (Wildman–Crippen MR) is 91.7 cm³/mol. The Bertz CT molecular complexity index is 470. The first kappa shape index (κ1) is 17.5. The lowest BCUT2D eigenvalue weighted by molar-refractivity contribution is -0.154. The van der Waals surface area contributed by atoms with E-state index in [0.29, 0.717) is 32.8 Å². The molecule has 0 radical (unpaired) electrons. The molecular weight excluding hydrogens is 306 g/mol. The molecular formula is C18H31N3O3. The summed E-state index contributed by atoms with van der Waals surface area (Å²) in [5.74, 6) is 0.313. The third kappa shape index (κ3) is 3.39. The van der Waals surface area contributed by atoms with Crippen LogP contribution >= 0.6 is 0 Å². The van der Waals surface area contributed by atoms with Gasteiger partial charge < -0.3 is 19.4 Å². The first-order valence-corrected chi connectivity index (χ1v) is 9.48. The van der Waals surface area contributed by atoms with Crippen LogP contribution in [0.4, 0.5) is 4.79 Å². The standard InChI is InChI=1S/C18H31N3O3/c1-3-18(2)14-24-13-12-21(18)16(22)15-6-10-20(11-7-15)17(23)19-8-4-5-9-19/h15H,3-14H2,1-2H3. The predicted octanol–water partition coefficient (Wildman–Crippen LogP) is 1.94. The lowest BCUT2D eigenvalue weighted by atomic mass is 9.90. The van der Waals surface area contributed by atoms with Crippen LogP contribution in [0, 0.1) is 5.92 Å². The SMILES string of the molecule is CCC1(C)COCCN1C(=O)C1CCN(C(=O)N2CCCC2)CC1. The van der Waals surface area contributed by atoms with Crippen LogP contribution in [0.15, 0.2) is 0 Å². The summed E-state index contributed by atoms with van der Waals surface area (Å²) in [6, 6.07) is 0.170. The monoisotopic (exact) mass is 337 g/mol. The average Bonchev–Trinajstić information content (AvgIpc) is 3.16. The zero-order valence-corrected chi connectivity index (χ0v) is 15.1. The fraction of sp³-hybridized carbons (Fsp3) is 0.889. The van der Waals surface area contributed by atoms with E-state index >= 15 is 0 Å². The molecule has 6 heteroatoms. The smallest absolute Gasteiger partial charge is 0.319 e. The van der Waals surface area contributed by atoms with E-state index in [4.69, 9.17) is 4.74 Å². The van der Waals surface area contributed by atoms with Crippen LogP contribution in [0.3, 0.4) is 0 Å². The molecule has 0 N–H and O–H groups in total. The highest BCUT2D eigenvalue weighted by Crippen LogP contribution is 2.29. The van der Waals surface area contributed by atoms with Gasteiger partial charge in [-0.2, -0.15) is 0 Å². The molecule has 0 saturated carbocycles. The number of nitrogens with zero attached hydrogens (tertiary/aromatic N) is 3. The molecule has 3 rings (SSSR count). The Morgan fingerprint density at radius 3 is 2.29 bits per heavy atom. The summed E-state index contributed by atoms with van der Waals surface area (Å²) in [7, 11) is 0. The van der Waals surface area contributed by atoms with Crippen molar-refractivity contribution < 1.29 is 14.3 Å². The van der Waals surface area contributed by atoms with Crippen LogP contribution < -0.4 is 0 Å². The minimum absolute atomic E-state index is 0.0524. The molecule has 0 spiro atoms. The maximum Gasteiger partial charge on any atom is 0.319 e. The van der Waals surface area contributed by atoms with Crippen molar-refractivity contribution in [3.63, 3.8) is 0 Å². The maximum absolute atomic E-state index is 13.0. The summed E-state index contributed by atoms with van der Waals surface area (Å²) in [5, 5.41) is 0. The van der Waals surface area contributed by atoms with E-state index in [2.05, 4.69) is 13.8 Å². The lowest BCUT2D eigenvalue weighted by Crippen LogP contribution is -2.59. The first-order valence-electron chi connectivity index (χ1n) is 9.48. The topological polar surface area (TPSA) is 53.1 Å². The molecule has 3 fully saturated rings. The molecule has 3 heterocycles. The van der Waals surface area contributed by atoms with Gasteiger partial charge in [0.25, 0.3) is 0 Å². The number of piperidine rings is 1. The van der Waals surface area contributed by atoms with Crippen LogP contribution in [-0.2, 0) is 9.53 Å². The van der Waals surface area contributed by atoms with Crippen molar-refractivity contribution in [1.29, 1.82) is 0 Å². The lowest BCUT2D eigenvalue weighted by Gasteiger charge is -2.46. The molecule has 3 aliphatic rings. The number of ether oxygens (including phenoxy) is 1. The van der Waals surface area contributed by atoms with Gasteiger partial charge >= 0.3 is 6.03 Å². The second kappa shape index (κ2) is 7.30. The van der Waals surface area contributed by atoms with Gasteiger partial charge in [0.2, 0.25) is 5.91 Å². The number of likely N-dealkylation sites (tertiary alicyclic amines) is 2. The van der Waals surface area contributed by atoms with Crippen LogP contribution in [0.2, 0.25) is 0 Å². The Balaban J connectivity index is 1.55. The zero-order valence-electron chi connectivity index (χ0n) is 15.1. The van der Waals surface area contributed by atoms with E-state index in [1.54, 1.807) is 0 Å². The van der Waals surface area contributed by atoms with Crippen LogP contribution in [0.5, 0.6) is 0 Å². The molecule has 3 aliphatic heterocycles. The number of urea groups is 1. The molecule has 136 valence electrons. The summed E-state index contributed by atoms with van der Waals surface area (Å²) in [6.45, 7) is 9.38. The van der Waals surface area contributed by atoms with Crippen molar-refractivity contribution in [2.75, 3.05) is 45.9 Å². The summed E-state index contributed by atoms with van der Waals surface area (Å²) < 4.78 is 5.60. The largest absolute Gasteiger partial charge is 0.377 e. The third-order valence-electron chi connectivity index (χ3n) is 6.04. The molecule has 3 saturated heterocycles. The molecule has 0 aromatic rings. The number of hydrogen-bond acceptors (Lipinski definition) is 3. The fourth-order valence-electron chi connectivity index (χ4n) is 4.11. The molecule has 6 nitrogen and oxygen atoms in total. The summed E-state index contributed by atoms with van der Waals surface area (Å²) in [4.78, 5) is 31.4. The number of amides is 3. The fourth-order valence-corrected chi connectivity index (χ4v) is 4.11. The highest BCUT2D eigenvalue weighted by Gasteiger charge is 2.40. The maximum atomic E-state index is 13.0. The van der Waals surface area contributed by atoms with Gasteiger partial charge in [0.15, 0.2) is 0 Å². The van der Waals surface area contributed by atoms with Gasteiger partial charge in [-0.25, -0.2) is 4.79 Å². The van der Waals surface area contributed by atoms with Gasteiger partial charge in [-0.05, 0) is 39.0 Å². The minimum Gasteiger partial charge on any atom is -0.377 e. The summed E-state index contributed by atoms with van der Waals surface area (Å²) >= 11 is 0. The number of morpholine rings is 1. The molecule has 1 atom stereocenters. The van der Waals surface area contributed by atoms with Crippen LogP contribution in [0.1, 0.15) is 46.0 Å². The second-order valence-corrected chi connectivity index (χ2v) is 7.63. The molecule has 3 amide bonds. The zero-order chi connectivity index (χ0) is 17.2. The van der Waals surface area contributed by atoms with Gasteiger partial charge in [0.1, 0.15) is 0 Å². The van der Waals surface area contributed by atoms with E-state index in [1.807, 2.05) is 14.7 Å². The average molecular weight is 337 g/mol. The quantitative estimate of drug-likeness (QED) is 0.774. The first-order chi connectivity index (χ1) is 11.5. The van der Waals surface area contributed by atoms with Crippen molar-refractivity contribution in [2.24, 2.45) is 5.92 Å². The molecule has 1 unspecified atom stereocenters.